The fourth-order valence-electron chi connectivity index (χ4n) is 3.57. The Labute approximate surface area is 118 Å². The fraction of sp³-hybridized carbons (Fsp3) is 0.733. The molecule has 0 radical (unpaired) electrons. The van der Waals surface area contributed by atoms with Crippen LogP contribution in [0.5, 0.6) is 0 Å². The minimum absolute atomic E-state index is 0.0276. The first kappa shape index (κ1) is 13.6. The van der Waals surface area contributed by atoms with Crippen molar-refractivity contribution in [3.8, 4) is 0 Å². The highest BCUT2D eigenvalue weighted by Crippen LogP contribution is 2.36. The van der Waals surface area contributed by atoms with E-state index in [1.165, 1.54) is 0 Å². The van der Waals surface area contributed by atoms with Gasteiger partial charge in [0.25, 0.3) is 0 Å². The topological polar surface area (TPSA) is 75.6 Å². The van der Waals surface area contributed by atoms with Gasteiger partial charge in [0.1, 0.15) is 0 Å². The number of carbonyl (C=O) groups excluding carboxylic acids is 1. The van der Waals surface area contributed by atoms with Gasteiger partial charge in [0.05, 0.1) is 18.1 Å². The van der Waals surface area contributed by atoms with E-state index in [-0.39, 0.29) is 36.0 Å². The molecule has 5 atom stereocenters. The van der Waals surface area contributed by atoms with Crippen molar-refractivity contribution >= 4 is 11.9 Å². The molecule has 2 saturated heterocycles. The zero-order valence-electron chi connectivity index (χ0n) is 11.5. The van der Waals surface area contributed by atoms with Crippen molar-refractivity contribution < 1.29 is 19.4 Å². The lowest BCUT2D eigenvalue weighted by Gasteiger charge is -2.30. The number of rotatable bonds is 3. The van der Waals surface area contributed by atoms with Crippen molar-refractivity contribution in [3.05, 3.63) is 12.2 Å². The molecule has 0 aromatic carbocycles. The molecule has 0 aromatic rings. The number of hydrogen-bond acceptors (Lipinski definition) is 3. The molecule has 1 amide bonds. The van der Waals surface area contributed by atoms with Crippen LogP contribution in [-0.4, -0.2) is 35.2 Å². The van der Waals surface area contributed by atoms with E-state index in [0.29, 0.717) is 12.8 Å². The minimum atomic E-state index is -0.780. The van der Waals surface area contributed by atoms with Gasteiger partial charge in [-0.15, -0.1) is 0 Å². The molecule has 20 heavy (non-hydrogen) atoms. The maximum atomic E-state index is 12.3. The molecular formula is C15H21NO4. The quantitative estimate of drug-likeness (QED) is 0.767. The molecule has 2 bridgehead atoms. The molecule has 3 rings (SSSR count). The van der Waals surface area contributed by atoms with Crippen molar-refractivity contribution in [1.82, 2.24) is 5.32 Å². The molecule has 0 aromatic heterocycles. The van der Waals surface area contributed by atoms with E-state index >= 15 is 0 Å². The lowest BCUT2D eigenvalue weighted by atomic mass is 9.89. The van der Waals surface area contributed by atoms with E-state index in [9.17, 15) is 9.59 Å². The SMILES string of the molecule is O=C(N[C@@H]1C=CC[C@@H](C(=O)O)C1)C1C[C@H]2CC[C@@H](C1)O2. The summed E-state index contributed by atoms with van der Waals surface area (Å²) in [6, 6.07) is -0.141. The Balaban J connectivity index is 1.55. The first-order chi connectivity index (χ1) is 9.61. The second-order valence-electron chi connectivity index (χ2n) is 6.18. The third-order valence-corrected chi connectivity index (χ3v) is 4.67. The second-order valence-corrected chi connectivity index (χ2v) is 6.18. The third-order valence-electron chi connectivity index (χ3n) is 4.67. The predicted molar refractivity (Wildman–Crippen MR) is 72.0 cm³/mol. The zero-order chi connectivity index (χ0) is 14.1. The number of fused-ring (bicyclic) bond motifs is 2. The van der Waals surface area contributed by atoms with E-state index in [1.807, 2.05) is 12.2 Å². The van der Waals surface area contributed by atoms with E-state index < -0.39 is 5.97 Å². The standard InChI is InChI=1S/C15H21NO4/c17-14(10-7-12-4-5-13(8-10)20-12)16-11-3-1-2-9(6-11)15(18)19/h1,3,9-13H,2,4-8H2,(H,16,17)(H,18,19)/t9-,10?,11-,12-,13+/m1/s1. The van der Waals surface area contributed by atoms with E-state index in [0.717, 1.165) is 25.7 Å². The van der Waals surface area contributed by atoms with Gasteiger partial charge < -0.3 is 15.2 Å². The number of nitrogens with one attached hydrogen (secondary N) is 1. The summed E-state index contributed by atoms with van der Waals surface area (Å²) in [5.74, 6) is -1.07. The Morgan fingerprint density at radius 2 is 1.80 bits per heavy atom. The van der Waals surface area contributed by atoms with Crippen LogP contribution in [0.25, 0.3) is 0 Å². The Kier molecular flexibility index (Phi) is 3.78. The Morgan fingerprint density at radius 1 is 1.10 bits per heavy atom. The lowest BCUT2D eigenvalue weighted by molar-refractivity contribution is -0.142. The summed E-state index contributed by atoms with van der Waals surface area (Å²) in [4.78, 5) is 23.3. The van der Waals surface area contributed by atoms with Crippen LogP contribution in [-0.2, 0) is 14.3 Å². The molecule has 110 valence electrons. The molecule has 2 aliphatic heterocycles. The van der Waals surface area contributed by atoms with Gasteiger partial charge in [-0.25, -0.2) is 0 Å². The molecule has 2 fully saturated rings. The maximum absolute atomic E-state index is 12.3. The molecule has 0 spiro atoms. The highest BCUT2D eigenvalue weighted by atomic mass is 16.5. The third kappa shape index (κ3) is 2.87. The van der Waals surface area contributed by atoms with Gasteiger partial charge in [-0.2, -0.15) is 0 Å². The largest absolute Gasteiger partial charge is 0.481 e. The number of aliphatic carboxylic acids is 1. The summed E-state index contributed by atoms with van der Waals surface area (Å²) in [5, 5.41) is 12.1. The Hall–Kier alpha value is -1.36. The second kappa shape index (κ2) is 5.56. The van der Waals surface area contributed by atoms with Crippen molar-refractivity contribution in [2.24, 2.45) is 11.8 Å². The van der Waals surface area contributed by atoms with Gasteiger partial charge in [0, 0.05) is 12.0 Å². The Bertz CT molecular complexity index is 422. The van der Waals surface area contributed by atoms with Gasteiger partial charge in [-0.3, -0.25) is 9.59 Å². The number of hydrogen-bond donors (Lipinski definition) is 2. The monoisotopic (exact) mass is 279 g/mol. The predicted octanol–water partition coefficient (Wildman–Crippen LogP) is 1.48. The summed E-state index contributed by atoms with van der Waals surface area (Å²) in [5.41, 5.74) is 0. The highest BCUT2D eigenvalue weighted by Gasteiger charge is 2.38. The fourth-order valence-corrected chi connectivity index (χ4v) is 3.57. The Morgan fingerprint density at radius 3 is 2.45 bits per heavy atom. The van der Waals surface area contributed by atoms with Crippen LogP contribution in [0.4, 0.5) is 0 Å². The van der Waals surface area contributed by atoms with Crippen molar-refractivity contribution in [1.29, 1.82) is 0 Å². The molecule has 5 heteroatoms. The zero-order valence-corrected chi connectivity index (χ0v) is 11.5. The highest BCUT2D eigenvalue weighted by molar-refractivity contribution is 5.79. The smallest absolute Gasteiger partial charge is 0.306 e. The summed E-state index contributed by atoms with van der Waals surface area (Å²) in [7, 11) is 0. The first-order valence-electron chi connectivity index (χ1n) is 7.47. The van der Waals surface area contributed by atoms with Crippen LogP contribution in [0.15, 0.2) is 12.2 Å². The van der Waals surface area contributed by atoms with Crippen LogP contribution in [0, 0.1) is 11.8 Å². The van der Waals surface area contributed by atoms with Crippen LogP contribution >= 0.6 is 0 Å². The van der Waals surface area contributed by atoms with Crippen molar-refractivity contribution in [2.75, 3.05) is 0 Å². The molecule has 1 unspecified atom stereocenters. The molecule has 2 N–H and O–H groups in total. The van der Waals surface area contributed by atoms with Crippen LogP contribution in [0.1, 0.15) is 38.5 Å². The average Bonchev–Trinajstić information content (AvgIpc) is 2.77. The van der Waals surface area contributed by atoms with E-state index in [2.05, 4.69) is 5.32 Å². The number of allylic oxidation sites excluding steroid dienone is 1. The maximum Gasteiger partial charge on any atom is 0.306 e. The van der Waals surface area contributed by atoms with Crippen molar-refractivity contribution in [3.63, 3.8) is 0 Å². The van der Waals surface area contributed by atoms with Crippen LogP contribution in [0.2, 0.25) is 0 Å². The van der Waals surface area contributed by atoms with E-state index in [4.69, 9.17) is 9.84 Å². The van der Waals surface area contributed by atoms with Crippen LogP contribution in [0.3, 0.4) is 0 Å². The molecule has 1 aliphatic carbocycles. The summed E-state index contributed by atoms with van der Waals surface area (Å²) in [6.45, 7) is 0. The van der Waals surface area contributed by atoms with Gasteiger partial charge in [-0.05, 0) is 38.5 Å². The molecule has 0 saturated carbocycles. The van der Waals surface area contributed by atoms with Gasteiger partial charge in [0.2, 0.25) is 5.91 Å². The van der Waals surface area contributed by atoms with E-state index in [1.54, 1.807) is 0 Å². The van der Waals surface area contributed by atoms with Gasteiger partial charge >= 0.3 is 5.97 Å². The summed E-state index contributed by atoms with van der Waals surface area (Å²) >= 11 is 0. The van der Waals surface area contributed by atoms with Gasteiger partial charge in [0.15, 0.2) is 0 Å². The number of carboxylic acids is 1. The number of ether oxygens (including phenoxy) is 1. The molecule has 5 nitrogen and oxygen atoms in total. The van der Waals surface area contributed by atoms with Crippen LogP contribution < -0.4 is 5.32 Å². The normalized spacial score (nSPS) is 39.5. The van der Waals surface area contributed by atoms with Crippen molar-refractivity contribution in [2.45, 2.75) is 56.8 Å². The summed E-state index contributed by atoms with van der Waals surface area (Å²) in [6.07, 6.45) is 9.08. The van der Waals surface area contributed by atoms with Gasteiger partial charge in [-0.1, -0.05) is 12.2 Å². The first-order valence-corrected chi connectivity index (χ1v) is 7.47. The minimum Gasteiger partial charge on any atom is -0.481 e. The number of carbonyl (C=O) groups is 2. The summed E-state index contributed by atoms with van der Waals surface area (Å²) < 4.78 is 5.74. The average molecular weight is 279 g/mol. The number of carboxylic acid groups (broad SMARTS) is 1. The lowest BCUT2D eigenvalue weighted by Crippen LogP contribution is -2.43. The molecule has 2 heterocycles. The molecular weight excluding hydrogens is 258 g/mol. The molecule has 3 aliphatic rings. The number of amides is 1.